The van der Waals surface area contributed by atoms with Crippen molar-refractivity contribution in [2.75, 3.05) is 24.6 Å². The van der Waals surface area contributed by atoms with Crippen molar-refractivity contribution in [3.63, 3.8) is 0 Å². The van der Waals surface area contributed by atoms with E-state index in [-0.39, 0.29) is 6.04 Å². The van der Waals surface area contributed by atoms with Crippen molar-refractivity contribution in [3.05, 3.63) is 24.3 Å². The smallest absolute Gasteiger partial charge is 0.272 e. The van der Waals surface area contributed by atoms with Crippen LogP contribution in [0.1, 0.15) is 12.8 Å². The standard InChI is InChI=1S/C13H18F2N2O/c14-13(15)9-18-12-5-1-4-11(7-12)17-6-2-3-10(16)8-17/h1,4-5,7,10,13H,2-3,6,8-9,16H2. The number of alkyl halides is 2. The average molecular weight is 256 g/mol. The molecule has 0 amide bonds. The third kappa shape index (κ3) is 3.57. The summed E-state index contributed by atoms with van der Waals surface area (Å²) in [6.07, 6.45) is -0.349. The molecule has 1 aromatic carbocycles. The molecule has 1 aliphatic rings. The van der Waals surface area contributed by atoms with Crippen LogP contribution < -0.4 is 15.4 Å². The highest BCUT2D eigenvalue weighted by Gasteiger charge is 2.17. The van der Waals surface area contributed by atoms with Crippen LogP contribution in [-0.4, -0.2) is 32.2 Å². The summed E-state index contributed by atoms with van der Waals surface area (Å²) in [5.74, 6) is 0.479. The van der Waals surface area contributed by atoms with Crippen LogP contribution in [-0.2, 0) is 0 Å². The highest BCUT2D eigenvalue weighted by Crippen LogP contribution is 2.24. The Morgan fingerprint density at radius 2 is 2.28 bits per heavy atom. The third-order valence-electron chi connectivity index (χ3n) is 3.02. The number of hydrogen-bond acceptors (Lipinski definition) is 3. The van der Waals surface area contributed by atoms with Gasteiger partial charge in [0, 0.05) is 30.9 Å². The number of piperidine rings is 1. The molecule has 1 aromatic rings. The number of rotatable bonds is 4. The van der Waals surface area contributed by atoms with E-state index in [1.807, 2.05) is 12.1 Å². The van der Waals surface area contributed by atoms with Crippen LogP contribution in [0.5, 0.6) is 5.75 Å². The van der Waals surface area contributed by atoms with Gasteiger partial charge in [0.05, 0.1) is 0 Å². The minimum atomic E-state index is -2.45. The first kappa shape index (κ1) is 13.1. The maximum Gasteiger partial charge on any atom is 0.272 e. The summed E-state index contributed by atoms with van der Waals surface area (Å²) in [6.45, 7) is 1.19. The van der Waals surface area contributed by atoms with Crippen molar-refractivity contribution in [2.24, 2.45) is 5.73 Å². The Balaban J connectivity index is 2.02. The summed E-state index contributed by atoms with van der Waals surface area (Å²) in [5.41, 5.74) is 6.91. The minimum absolute atomic E-state index is 0.185. The molecule has 1 saturated heterocycles. The second-order valence-electron chi connectivity index (χ2n) is 4.55. The Hall–Kier alpha value is -1.36. The monoisotopic (exact) mass is 256 g/mol. The van der Waals surface area contributed by atoms with Gasteiger partial charge in [-0.05, 0) is 25.0 Å². The molecule has 2 N–H and O–H groups in total. The van der Waals surface area contributed by atoms with Gasteiger partial charge in [-0.1, -0.05) is 6.07 Å². The maximum absolute atomic E-state index is 12.1. The first-order chi connectivity index (χ1) is 8.65. The van der Waals surface area contributed by atoms with E-state index in [0.717, 1.165) is 31.6 Å². The van der Waals surface area contributed by atoms with Crippen LogP contribution in [0, 0.1) is 0 Å². The van der Waals surface area contributed by atoms with Gasteiger partial charge in [-0.2, -0.15) is 0 Å². The van der Waals surface area contributed by atoms with Crippen molar-refractivity contribution in [1.29, 1.82) is 0 Å². The van der Waals surface area contributed by atoms with Crippen molar-refractivity contribution in [3.8, 4) is 5.75 Å². The zero-order valence-corrected chi connectivity index (χ0v) is 10.2. The molecule has 1 atom stereocenters. The van der Waals surface area contributed by atoms with Crippen molar-refractivity contribution >= 4 is 5.69 Å². The molecule has 3 nitrogen and oxygen atoms in total. The molecule has 1 aliphatic heterocycles. The van der Waals surface area contributed by atoms with Crippen molar-refractivity contribution in [2.45, 2.75) is 25.3 Å². The highest BCUT2D eigenvalue weighted by molar-refractivity contribution is 5.51. The molecule has 18 heavy (non-hydrogen) atoms. The molecule has 0 radical (unpaired) electrons. The van der Waals surface area contributed by atoms with E-state index in [9.17, 15) is 8.78 Å². The fraction of sp³-hybridized carbons (Fsp3) is 0.538. The van der Waals surface area contributed by atoms with Crippen LogP contribution in [0.2, 0.25) is 0 Å². The molecule has 0 saturated carbocycles. The van der Waals surface area contributed by atoms with Crippen LogP contribution >= 0.6 is 0 Å². The summed E-state index contributed by atoms with van der Waals surface area (Å²) in [4.78, 5) is 2.17. The number of nitrogens with zero attached hydrogens (tertiary/aromatic N) is 1. The number of anilines is 1. The molecule has 0 aliphatic carbocycles. The van der Waals surface area contributed by atoms with Gasteiger partial charge in [0.25, 0.3) is 6.43 Å². The highest BCUT2D eigenvalue weighted by atomic mass is 19.3. The van der Waals surface area contributed by atoms with Crippen molar-refractivity contribution in [1.82, 2.24) is 0 Å². The Kier molecular flexibility index (Phi) is 4.36. The zero-order valence-electron chi connectivity index (χ0n) is 10.2. The summed E-state index contributed by atoms with van der Waals surface area (Å²) < 4.78 is 29.2. The molecule has 0 aromatic heterocycles. The molecule has 1 heterocycles. The van der Waals surface area contributed by atoms with E-state index in [0.29, 0.717) is 5.75 Å². The number of benzene rings is 1. The third-order valence-corrected chi connectivity index (χ3v) is 3.02. The summed E-state index contributed by atoms with van der Waals surface area (Å²) in [6, 6.07) is 7.43. The van der Waals surface area contributed by atoms with Crippen LogP contribution in [0.3, 0.4) is 0 Å². The predicted molar refractivity (Wildman–Crippen MR) is 67.4 cm³/mol. The maximum atomic E-state index is 12.1. The van der Waals surface area contributed by atoms with Crippen LogP contribution in [0.4, 0.5) is 14.5 Å². The normalized spacial score (nSPS) is 20.2. The van der Waals surface area contributed by atoms with E-state index in [4.69, 9.17) is 10.5 Å². The Bertz CT molecular complexity index is 387. The van der Waals surface area contributed by atoms with E-state index in [1.165, 1.54) is 0 Å². The number of halogens is 2. The van der Waals surface area contributed by atoms with Gasteiger partial charge in [0.2, 0.25) is 0 Å². The van der Waals surface area contributed by atoms with E-state index < -0.39 is 13.0 Å². The van der Waals surface area contributed by atoms with Crippen LogP contribution in [0.15, 0.2) is 24.3 Å². The molecule has 0 spiro atoms. The van der Waals surface area contributed by atoms with Gasteiger partial charge in [-0.3, -0.25) is 0 Å². The average Bonchev–Trinajstić information content (AvgIpc) is 2.37. The lowest BCUT2D eigenvalue weighted by Gasteiger charge is -2.32. The van der Waals surface area contributed by atoms with E-state index in [2.05, 4.69) is 4.90 Å². The van der Waals surface area contributed by atoms with Crippen LogP contribution in [0.25, 0.3) is 0 Å². The second kappa shape index (κ2) is 6.00. The summed E-state index contributed by atoms with van der Waals surface area (Å²) in [5, 5.41) is 0. The first-order valence-corrected chi connectivity index (χ1v) is 6.16. The lowest BCUT2D eigenvalue weighted by Crippen LogP contribution is -2.42. The SMILES string of the molecule is NC1CCCN(c2cccc(OCC(F)F)c2)C1. The van der Waals surface area contributed by atoms with Gasteiger partial charge in [0.15, 0.2) is 0 Å². The minimum Gasteiger partial charge on any atom is -0.488 e. The van der Waals surface area contributed by atoms with E-state index >= 15 is 0 Å². The molecular weight excluding hydrogens is 238 g/mol. The van der Waals surface area contributed by atoms with Crippen molar-refractivity contribution < 1.29 is 13.5 Å². The lowest BCUT2D eigenvalue weighted by molar-refractivity contribution is 0.0819. The number of ether oxygens (including phenoxy) is 1. The van der Waals surface area contributed by atoms with Gasteiger partial charge in [-0.15, -0.1) is 0 Å². The lowest BCUT2D eigenvalue weighted by atomic mass is 10.1. The fourth-order valence-electron chi connectivity index (χ4n) is 2.17. The van der Waals surface area contributed by atoms with E-state index in [1.54, 1.807) is 12.1 Å². The zero-order chi connectivity index (χ0) is 13.0. The molecular formula is C13H18F2N2O. The summed E-state index contributed by atoms with van der Waals surface area (Å²) in [7, 11) is 0. The molecule has 1 fully saturated rings. The molecule has 100 valence electrons. The fourth-order valence-corrected chi connectivity index (χ4v) is 2.17. The number of hydrogen-bond donors (Lipinski definition) is 1. The summed E-state index contributed by atoms with van der Waals surface area (Å²) >= 11 is 0. The van der Waals surface area contributed by atoms with Gasteiger partial charge in [-0.25, -0.2) is 8.78 Å². The Morgan fingerprint density at radius 1 is 1.44 bits per heavy atom. The number of nitrogens with two attached hydrogens (primary N) is 1. The Labute approximate surface area is 106 Å². The second-order valence-corrected chi connectivity index (χ2v) is 4.55. The Morgan fingerprint density at radius 3 is 3.00 bits per heavy atom. The van der Waals surface area contributed by atoms with Gasteiger partial charge >= 0.3 is 0 Å². The first-order valence-electron chi connectivity index (χ1n) is 6.16. The largest absolute Gasteiger partial charge is 0.488 e. The molecule has 5 heteroatoms. The van der Waals surface area contributed by atoms with Gasteiger partial charge < -0.3 is 15.4 Å². The topological polar surface area (TPSA) is 38.5 Å². The molecule has 1 unspecified atom stereocenters. The quantitative estimate of drug-likeness (QED) is 0.898. The van der Waals surface area contributed by atoms with Gasteiger partial charge in [0.1, 0.15) is 12.4 Å². The predicted octanol–water partition coefficient (Wildman–Crippen LogP) is 2.26. The molecule has 0 bridgehead atoms. The molecule has 2 rings (SSSR count).